The second kappa shape index (κ2) is 9.55. The molecule has 0 radical (unpaired) electrons. The van der Waals surface area contributed by atoms with Gasteiger partial charge in [0.15, 0.2) is 0 Å². The highest BCUT2D eigenvalue weighted by Crippen LogP contribution is 2.51. The van der Waals surface area contributed by atoms with E-state index in [2.05, 4.69) is 162 Å². The van der Waals surface area contributed by atoms with Crippen molar-refractivity contribution >= 4 is 40.2 Å². The maximum atomic E-state index is 6.92. The molecule has 0 atom stereocenters. The van der Waals surface area contributed by atoms with E-state index < -0.39 is 0 Å². The normalized spacial score (nSPS) is 17.6. The maximum absolute atomic E-state index is 6.92. The van der Waals surface area contributed by atoms with Crippen molar-refractivity contribution < 1.29 is 4.74 Å². The lowest BCUT2D eigenvalue weighted by Crippen LogP contribution is -2.59. The number of hydrogen-bond acceptors (Lipinski definition) is 2. The lowest BCUT2D eigenvalue weighted by Gasteiger charge is -2.41. The Balaban J connectivity index is 1.54. The Bertz CT molecular complexity index is 1870. The summed E-state index contributed by atoms with van der Waals surface area (Å²) in [6, 6.07) is 26.1. The average Bonchev–Trinajstić information content (AvgIpc) is 3.12. The summed E-state index contributed by atoms with van der Waals surface area (Å²) in [5, 5.41) is 0. The first kappa shape index (κ1) is 31.2. The predicted octanol–water partition coefficient (Wildman–Crippen LogP) is 9.94. The SMILES string of the molecule is CC(C)(C)c1cc(N2c3cc(C(C)(C)C)ccc3B3c4cc5c(cc4Oc4cccc2c43)C(C)(C)CC5(C)C)cc(C(C)(C)C)c1. The number of rotatable bonds is 1. The van der Waals surface area contributed by atoms with E-state index in [-0.39, 0.29) is 33.8 Å². The van der Waals surface area contributed by atoms with Gasteiger partial charge in [0.05, 0.1) is 0 Å². The van der Waals surface area contributed by atoms with Crippen LogP contribution in [0.25, 0.3) is 0 Å². The minimum atomic E-state index is 0.0174. The molecule has 0 saturated carbocycles. The minimum Gasteiger partial charge on any atom is -0.458 e. The van der Waals surface area contributed by atoms with Crippen LogP contribution in [0, 0.1) is 0 Å². The molecule has 2 heterocycles. The molecular formula is C43H52BNO. The second-order valence-corrected chi connectivity index (χ2v) is 18.7. The molecule has 4 aromatic carbocycles. The molecule has 0 unspecified atom stereocenters. The molecule has 7 rings (SSSR count). The van der Waals surface area contributed by atoms with Gasteiger partial charge in [-0.05, 0) is 114 Å². The summed E-state index contributed by atoms with van der Waals surface area (Å²) in [5.41, 5.74) is 14.9. The van der Waals surface area contributed by atoms with Gasteiger partial charge in [-0.25, -0.2) is 0 Å². The van der Waals surface area contributed by atoms with Crippen LogP contribution in [0.15, 0.2) is 66.7 Å². The van der Waals surface area contributed by atoms with Crippen LogP contribution in [0.5, 0.6) is 11.5 Å². The zero-order valence-electron chi connectivity index (χ0n) is 30.5. The summed E-state index contributed by atoms with van der Waals surface area (Å²) in [6.45, 7) is 30.6. The van der Waals surface area contributed by atoms with E-state index in [1.54, 1.807) is 0 Å². The first-order valence-electron chi connectivity index (χ1n) is 17.3. The third kappa shape index (κ3) is 4.75. The summed E-state index contributed by atoms with van der Waals surface area (Å²) >= 11 is 0. The molecular weight excluding hydrogens is 557 g/mol. The molecule has 46 heavy (non-hydrogen) atoms. The zero-order valence-corrected chi connectivity index (χ0v) is 30.5. The van der Waals surface area contributed by atoms with Crippen LogP contribution in [0.4, 0.5) is 17.1 Å². The van der Waals surface area contributed by atoms with Crippen molar-refractivity contribution in [2.75, 3.05) is 4.90 Å². The van der Waals surface area contributed by atoms with Gasteiger partial charge in [0.25, 0.3) is 6.71 Å². The largest absolute Gasteiger partial charge is 0.458 e. The molecule has 3 aliphatic rings. The van der Waals surface area contributed by atoms with E-state index in [1.807, 2.05) is 0 Å². The van der Waals surface area contributed by atoms with E-state index in [1.165, 1.54) is 61.3 Å². The van der Waals surface area contributed by atoms with Crippen molar-refractivity contribution in [3.63, 3.8) is 0 Å². The van der Waals surface area contributed by atoms with Crippen LogP contribution in [0.3, 0.4) is 0 Å². The fraction of sp³-hybridized carbons (Fsp3) is 0.442. The summed E-state index contributed by atoms with van der Waals surface area (Å²) in [4.78, 5) is 2.54. The molecule has 4 aromatic rings. The fourth-order valence-corrected chi connectivity index (χ4v) is 8.49. The summed E-state index contributed by atoms with van der Waals surface area (Å²) in [6.07, 6.45) is 1.14. The van der Waals surface area contributed by atoms with Crippen LogP contribution in [0.2, 0.25) is 0 Å². The van der Waals surface area contributed by atoms with Gasteiger partial charge in [-0.15, -0.1) is 0 Å². The van der Waals surface area contributed by atoms with Gasteiger partial charge in [-0.1, -0.05) is 120 Å². The van der Waals surface area contributed by atoms with Crippen molar-refractivity contribution in [3.05, 3.63) is 94.5 Å². The van der Waals surface area contributed by atoms with Crippen molar-refractivity contribution in [1.82, 2.24) is 0 Å². The van der Waals surface area contributed by atoms with Crippen LogP contribution >= 0.6 is 0 Å². The van der Waals surface area contributed by atoms with Crippen LogP contribution in [-0.2, 0) is 27.1 Å². The molecule has 0 spiro atoms. The molecule has 0 N–H and O–H groups in total. The topological polar surface area (TPSA) is 12.5 Å². The molecule has 0 bridgehead atoms. The van der Waals surface area contributed by atoms with Gasteiger partial charge in [-0.3, -0.25) is 0 Å². The third-order valence-electron chi connectivity index (χ3n) is 11.0. The second-order valence-electron chi connectivity index (χ2n) is 18.7. The Labute approximate surface area is 278 Å². The van der Waals surface area contributed by atoms with Crippen molar-refractivity contribution in [2.24, 2.45) is 0 Å². The van der Waals surface area contributed by atoms with Crippen molar-refractivity contribution in [1.29, 1.82) is 0 Å². The van der Waals surface area contributed by atoms with Gasteiger partial charge in [0.2, 0.25) is 0 Å². The van der Waals surface area contributed by atoms with E-state index >= 15 is 0 Å². The Morgan fingerprint density at radius 3 is 1.76 bits per heavy atom. The lowest BCUT2D eigenvalue weighted by atomic mass is 9.34. The number of hydrogen-bond donors (Lipinski definition) is 0. The van der Waals surface area contributed by atoms with Gasteiger partial charge in [-0.2, -0.15) is 0 Å². The standard InChI is InChI=1S/C43H52BNO/c1-39(2,3)26-17-18-32-35(22-26)45(29-20-27(40(4,5)6)19-28(21-29)41(7,8)9)34-15-14-16-36-38(34)44(32)33-23-30-31(24-37(33)46-36)43(12,13)25-42(30,10)11/h14-24H,25H2,1-13H3. The smallest absolute Gasteiger partial charge is 0.256 e. The highest BCUT2D eigenvalue weighted by atomic mass is 16.5. The average molecular weight is 610 g/mol. The summed E-state index contributed by atoms with van der Waals surface area (Å²) in [5.74, 6) is 1.99. The highest BCUT2D eigenvalue weighted by Gasteiger charge is 2.47. The van der Waals surface area contributed by atoms with E-state index in [0.717, 1.165) is 17.9 Å². The van der Waals surface area contributed by atoms with Gasteiger partial charge < -0.3 is 9.64 Å². The molecule has 238 valence electrons. The van der Waals surface area contributed by atoms with E-state index in [4.69, 9.17) is 4.74 Å². The van der Waals surface area contributed by atoms with E-state index in [0.29, 0.717) is 0 Å². The Kier molecular flexibility index (Phi) is 6.47. The molecule has 1 aliphatic carbocycles. The highest BCUT2D eigenvalue weighted by molar-refractivity contribution is 6.99. The van der Waals surface area contributed by atoms with Crippen LogP contribution in [-0.4, -0.2) is 6.71 Å². The zero-order chi connectivity index (χ0) is 33.4. The Morgan fingerprint density at radius 1 is 0.587 bits per heavy atom. The molecule has 0 aromatic heterocycles. The molecule has 0 saturated heterocycles. The molecule has 2 aliphatic heterocycles. The predicted molar refractivity (Wildman–Crippen MR) is 199 cm³/mol. The maximum Gasteiger partial charge on any atom is 0.256 e. The number of nitrogens with zero attached hydrogens (tertiary/aromatic N) is 1. The molecule has 0 fully saturated rings. The minimum absolute atomic E-state index is 0.0174. The molecule has 3 heteroatoms. The number of ether oxygens (including phenoxy) is 1. The molecule has 0 amide bonds. The summed E-state index contributed by atoms with van der Waals surface area (Å²) < 4.78 is 6.92. The number of anilines is 3. The van der Waals surface area contributed by atoms with Gasteiger partial charge in [0.1, 0.15) is 11.5 Å². The Hall–Kier alpha value is -3.46. The quantitative estimate of drug-likeness (QED) is 0.172. The first-order chi connectivity index (χ1) is 21.2. The number of fused-ring (bicyclic) bond motifs is 5. The van der Waals surface area contributed by atoms with Gasteiger partial charge >= 0.3 is 0 Å². The van der Waals surface area contributed by atoms with Gasteiger partial charge in [0, 0.05) is 17.1 Å². The number of benzene rings is 4. The Morgan fingerprint density at radius 2 is 1.17 bits per heavy atom. The van der Waals surface area contributed by atoms with E-state index in [9.17, 15) is 0 Å². The third-order valence-corrected chi connectivity index (χ3v) is 11.0. The van der Waals surface area contributed by atoms with Crippen LogP contribution < -0.4 is 26.0 Å². The molecule has 2 nitrogen and oxygen atoms in total. The summed E-state index contributed by atoms with van der Waals surface area (Å²) in [7, 11) is 0. The van der Waals surface area contributed by atoms with Crippen molar-refractivity contribution in [2.45, 2.75) is 124 Å². The van der Waals surface area contributed by atoms with Crippen molar-refractivity contribution in [3.8, 4) is 11.5 Å². The first-order valence-corrected chi connectivity index (χ1v) is 17.3. The monoisotopic (exact) mass is 609 g/mol. The van der Waals surface area contributed by atoms with Crippen LogP contribution in [0.1, 0.15) is 124 Å². The fourth-order valence-electron chi connectivity index (χ4n) is 8.49. The lowest BCUT2D eigenvalue weighted by molar-refractivity contribution is 0.402.